The zero-order valence-electron chi connectivity index (χ0n) is 12.9. The molecule has 1 aromatic heterocycles. The van der Waals surface area contributed by atoms with Crippen LogP contribution in [0.25, 0.3) is 6.08 Å². The standard InChI is InChI=1S/C17H16N2O4S/c1-11(17(22)23)18-16(21)14(10-13-8-5-9-24-13)19-15(20)12-6-3-2-4-7-12/h2-11H,1H3,(H,18,21)(H,19,20)(H,22,23)/b14-10-/t11-/m1/s1. The third-order valence-electron chi connectivity index (χ3n) is 3.08. The quantitative estimate of drug-likeness (QED) is 0.699. The minimum atomic E-state index is -1.16. The van der Waals surface area contributed by atoms with Crippen LogP contribution >= 0.6 is 11.3 Å². The fourth-order valence-electron chi connectivity index (χ4n) is 1.79. The van der Waals surface area contributed by atoms with E-state index in [9.17, 15) is 14.4 Å². The van der Waals surface area contributed by atoms with E-state index in [2.05, 4.69) is 10.6 Å². The topological polar surface area (TPSA) is 95.5 Å². The molecule has 6 nitrogen and oxygen atoms in total. The van der Waals surface area contributed by atoms with Gasteiger partial charge in [-0.2, -0.15) is 0 Å². The maximum absolute atomic E-state index is 12.3. The van der Waals surface area contributed by atoms with E-state index in [-0.39, 0.29) is 5.70 Å². The maximum atomic E-state index is 12.3. The molecule has 2 aromatic rings. The summed E-state index contributed by atoms with van der Waals surface area (Å²) in [6, 6.07) is 11.0. The zero-order chi connectivity index (χ0) is 17.5. The lowest BCUT2D eigenvalue weighted by molar-refractivity contribution is -0.140. The van der Waals surface area contributed by atoms with E-state index in [0.717, 1.165) is 4.88 Å². The van der Waals surface area contributed by atoms with Gasteiger partial charge < -0.3 is 15.7 Å². The molecule has 0 saturated carbocycles. The first-order valence-electron chi connectivity index (χ1n) is 7.12. The van der Waals surface area contributed by atoms with Crippen molar-refractivity contribution in [1.82, 2.24) is 10.6 Å². The van der Waals surface area contributed by atoms with Crippen molar-refractivity contribution in [2.45, 2.75) is 13.0 Å². The van der Waals surface area contributed by atoms with E-state index in [4.69, 9.17) is 5.11 Å². The lowest BCUT2D eigenvalue weighted by Crippen LogP contribution is -2.42. The molecule has 0 radical (unpaired) electrons. The van der Waals surface area contributed by atoms with Gasteiger partial charge in [-0.15, -0.1) is 11.3 Å². The molecule has 0 bridgehead atoms. The summed E-state index contributed by atoms with van der Waals surface area (Å²) in [4.78, 5) is 36.2. The molecule has 0 unspecified atom stereocenters. The summed E-state index contributed by atoms with van der Waals surface area (Å²) >= 11 is 1.39. The van der Waals surface area contributed by atoms with E-state index < -0.39 is 23.8 Å². The third-order valence-corrected chi connectivity index (χ3v) is 3.90. The highest BCUT2D eigenvalue weighted by Gasteiger charge is 2.19. The molecule has 124 valence electrons. The Morgan fingerprint density at radius 2 is 1.83 bits per heavy atom. The fourth-order valence-corrected chi connectivity index (χ4v) is 2.45. The van der Waals surface area contributed by atoms with Crippen LogP contribution in [-0.2, 0) is 9.59 Å². The van der Waals surface area contributed by atoms with Crippen molar-refractivity contribution in [2.24, 2.45) is 0 Å². The summed E-state index contributed by atoms with van der Waals surface area (Å²) in [5.41, 5.74) is 0.382. The number of hydrogen-bond acceptors (Lipinski definition) is 4. The predicted octanol–water partition coefficient (Wildman–Crippen LogP) is 2.11. The predicted molar refractivity (Wildman–Crippen MR) is 91.4 cm³/mol. The molecule has 0 spiro atoms. The van der Waals surface area contributed by atoms with Gasteiger partial charge in [0.25, 0.3) is 11.8 Å². The first-order chi connectivity index (χ1) is 11.5. The average molecular weight is 344 g/mol. The summed E-state index contributed by atoms with van der Waals surface area (Å²) in [6.07, 6.45) is 1.51. The Bertz CT molecular complexity index is 754. The van der Waals surface area contributed by atoms with Crippen LogP contribution in [0.15, 0.2) is 53.5 Å². The second kappa shape index (κ2) is 8.07. The second-order valence-corrected chi connectivity index (χ2v) is 5.91. The first-order valence-corrected chi connectivity index (χ1v) is 8.00. The molecular weight excluding hydrogens is 328 g/mol. The van der Waals surface area contributed by atoms with Gasteiger partial charge in [0.15, 0.2) is 0 Å². The highest BCUT2D eigenvalue weighted by molar-refractivity contribution is 7.10. The molecule has 3 N–H and O–H groups in total. The van der Waals surface area contributed by atoms with E-state index >= 15 is 0 Å². The van der Waals surface area contributed by atoms with Crippen LogP contribution in [0.3, 0.4) is 0 Å². The SMILES string of the molecule is C[C@@H](NC(=O)/C(=C/c1cccs1)NC(=O)c1ccccc1)C(=O)O. The molecule has 0 aliphatic heterocycles. The number of carbonyl (C=O) groups is 3. The Hall–Kier alpha value is -2.93. The van der Waals surface area contributed by atoms with Crippen molar-refractivity contribution >= 4 is 35.2 Å². The second-order valence-electron chi connectivity index (χ2n) is 4.93. The Balaban J connectivity index is 2.22. The van der Waals surface area contributed by atoms with Crippen LogP contribution in [-0.4, -0.2) is 28.9 Å². The lowest BCUT2D eigenvalue weighted by Gasteiger charge is -2.13. The first kappa shape index (κ1) is 17.4. The molecule has 0 fully saturated rings. The number of hydrogen-bond donors (Lipinski definition) is 3. The molecular formula is C17H16N2O4S. The minimum Gasteiger partial charge on any atom is -0.480 e. The van der Waals surface area contributed by atoms with Crippen LogP contribution in [0, 0.1) is 0 Å². The van der Waals surface area contributed by atoms with Crippen LogP contribution in [0.5, 0.6) is 0 Å². The number of amides is 2. The summed E-state index contributed by atoms with van der Waals surface area (Å²) in [5.74, 6) is -2.27. The van der Waals surface area contributed by atoms with E-state index in [1.807, 2.05) is 11.4 Å². The van der Waals surface area contributed by atoms with Gasteiger partial charge in [-0.05, 0) is 36.6 Å². The summed E-state index contributed by atoms with van der Waals surface area (Å²) in [7, 11) is 0. The fraction of sp³-hybridized carbons (Fsp3) is 0.118. The van der Waals surface area contributed by atoms with Gasteiger partial charge >= 0.3 is 5.97 Å². The summed E-state index contributed by atoms with van der Waals surface area (Å²) in [6.45, 7) is 1.35. The van der Waals surface area contributed by atoms with Crippen LogP contribution < -0.4 is 10.6 Å². The Kier molecular flexibility index (Phi) is 5.86. The van der Waals surface area contributed by atoms with Crippen molar-refractivity contribution in [3.63, 3.8) is 0 Å². The van der Waals surface area contributed by atoms with E-state index in [0.29, 0.717) is 5.56 Å². The number of carbonyl (C=O) groups excluding carboxylic acids is 2. The Morgan fingerprint density at radius 3 is 2.42 bits per heavy atom. The van der Waals surface area contributed by atoms with Crippen molar-refractivity contribution in [1.29, 1.82) is 0 Å². The minimum absolute atomic E-state index is 0.0144. The number of carboxylic acid groups (broad SMARTS) is 1. The van der Waals surface area contributed by atoms with Gasteiger partial charge in [-0.25, -0.2) is 0 Å². The number of rotatable bonds is 6. The highest BCUT2D eigenvalue weighted by atomic mass is 32.1. The molecule has 2 rings (SSSR count). The van der Waals surface area contributed by atoms with Crippen LogP contribution in [0.2, 0.25) is 0 Å². The van der Waals surface area contributed by atoms with Crippen molar-refractivity contribution in [2.75, 3.05) is 0 Å². The maximum Gasteiger partial charge on any atom is 0.325 e. The average Bonchev–Trinajstić information content (AvgIpc) is 3.07. The Morgan fingerprint density at radius 1 is 1.12 bits per heavy atom. The van der Waals surface area contributed by atoms with Gasteiger partial charge in [-0.1, -0.05) is 24.3 Å². The molecule has 1 aromatic carbocycles. The van der Waals surface area contributed by atoms with Crippen LogP contribution in [0.4, 0.5) is 0 Å². The molecule has 0 aliphatic carbocycles. The van der Waals surface area contributed by atoms with Gasteiger partial charge in [0.2, 0.25) is 0 Å². The smallest absolute Gasteiger partial charge is 0.325 e. The van der Waals surface area contributed by atoms with Gasteiger partial charge in [-0.3, -0.25) is 14.4 Å². The highest BCUT2D eigenvalue weighted by Crippen LogP contribution is 2.13. The number of carboxylic acids is 1. The monoisotopic (exact) mass is 344 g/mol. The zero-order valence-corrected chi connectivity index (χ0v) is 13.7. The largest absolute Gasteiger partial charge is 0.480 e. The summed E-state index contributed by atoms with van der Waals surface area (Å²) in [5, 5.41) is 15.6. The molecule has 24 heavy (non-hydrogen) atoms. The van der Waals surface area contributed by atoms with E-state index in [1.165, 1.54) is 24.3 Å². The van der Waals surface area contributed by atoms with Gasteiger partial charge in [0.1, 0.15) is 11.7 Å². The van der Waals surface area contributed by atoms with Gasteiger partial charge in [0, 0.05) is 10.4 Å². The molecule has 0 aliphatic rings. The lowest BCUT2D eigenvalue weighted by atomic mass is 10.2. The summed E-state index contributed by atoms with van der Waals surface area (Å²) < 4.78 is 0. The van der Waals surface area contributed by atoms with Crippen molar-refractivity contribution < 1.29 is 19.5 Å². The number of benzene rings is 1. The third kappa shape index (κ3) is 4.79. The van der Waals surface area contributed by atoms with Crippen molar-refractivity contribution in [3.05, 3.63) is 64.0 Å². The molecule has 2 amide bonds. The van der Waals surface area contributed by atoms with E-state index in [1.54, 1.807) is 36.4 Å². The number of aliphatic carboxylic acids is 1. The molecule has 1 atom stereocenters. The van der Waals surface area contributed by atoms with Crippen molar-refractivity contribution in [3.8, 4) is 0 Å². The van der Waals surface area contributed by atoms with Crippen LogP contribution in [0.1, 0.15) is 22.2 Å². The Labute approximate surface area is 142 Å². The molecule has 1 heterocycles. The normalized spacial score (nSPS) is 12.3. The number of nitrogens with one attached hydrogen (secondary N) is 2. The molecule has 0 saturated heterocycles. The van der Waals surface area contributed by atoms with Gasteiger partial charge in [0.05, 0.1) is 0 Å². The molecule has 7 heteroatoms. The number of thiophene rings is 1.